The molecule has 4 aromatic heterocycles. The molecule has 0 spiro atoms. The molecule has 80 heavy (non-hydrogen) atoms. The van der Waals surface area contributed by atoms with E-state index in [9.17, 15) is 38.4 Å². The van der Waals surface area contributed by atoms with Crippen LogP contribution in [0, 0.1) is 17.5 Å². The van der Waals surface area contributed by atoms with Crippen LogP contribution in [0.2, 0.25) is 15.5 Å². The molecule has 0 unspecified atom stereocenters. The number of fused-ring (bicyclic) bond motifs is 1. The average Bonchev–Trinajstić information content (AvgIpc) is 3.78. The van der Waals surface area contributed by atoms with Crippen LogP contribution in [0.4, 0.5) is 36.1 Å². The Morgan fingerprint density at radius 3 is 1.46 bits per heavy atom. The van der Waals surface area contributed by atoms with Gasteiger partial charge in [0.15, 0.2) is 15.5 Å². The number of ether oxygens (including phenoxy) is 1. The number of anilines is 4. The lowest BCUT2D eigenvalue weighted by atomic mass is 9.80. The zero-order valence-electron chi connectivity index (χ0n) is 42.3. The van der Waals surface area contributed by atoms with Crippen molar-refractivity contribution in [3.05, 3.63) is 171 Å². The Hall–Kier alpha value is -6.20. The van der Waals surface area contributed by atoms with Crippen molar-refractivity contribution < 1.29 is 52.5 Å². The van der Waals surface area contributed by atoms with Crippen molar-refractivity contribution >= 4 is 127 Å². The molecule has 0 saturated carbocycles. The number of sulfonamides is 3. The molecule has 6 heterocycles. The van der Waals surface area contributed by atoms with E-state index in [1.165, 1.54) is 36.7 Å². The van der Waals surface area contributed by atoms with Crippen molar-refractivity contribution in [2.75, 3.05) is 45.4 Å². The lowest BCUT2D eigenvalue weighted by molar-refractivity contribution is 0.00578. The molecule has 418 valence electrons. The summed E-state index contributed by atoms with van der Waals surface area (Å²) in [7, 11) is -12.5. The summed E-state index contributed by atoms with van der Waals surface area (Å²) in [5.41, 5.74) is 2.59. The van der Waals surface area contributed by atoms with Crippen LogP contribution in [-0.2, 0) is 44.1 Å². The quantitative estimate of drug-likeness (QED) is 0.0762. The molecule has 0 radical (unpaired) electrons. The van der Waals surface area contributed by atoms with E-state index in [0.717, 1.165) is 90.7 Å². The lowest BCUT2D eigenvalue weighted by Gasteiger charge is -2.32. The Labute approximate surface area is 482 Å². The Morgan fingerprint density at radius 1 is 0.537 bits per heavy atom. The van der Waals surface area contributed by atoms with Gasteiger partial charge in [-0.1, -0.05) is 40.9 Å². The first-order valence-electron chi connectivity index (χ1n) is 23.6. The van der Waals surface area contributed by atoms with Gasteiger partial charge in [-0.25, -0.2) is 58.4 Å². The van der Waals surface area contributed by atoms with E-state index in [-0.39, 0.29) is 47.2 Å². The first kappa shape index (κ1) is 59.9. The first-order chi connectivity index (χ1) is 37.7. The zero-order chi connectivity index (χ0) is 57.8. The molecule has 29 heteroatoms. The third kappa shape index (κ3) is 14.6. The summed E-state index contributed by atoms with van der Waals surface area (Å²) in [5.74, 6) is -0.802. The van der Waals surface area contributed by atoms with Gasteiger partial charge in [-0.05, 0) is 152 Å². The van der Waals surface area contributed by atoms with Gasteiger partial charge in [0.05, 0.1) is 73.4 Å². The van der Waals surface area contributed by atoms with Gasteiger partial charge in [0.25, 0.3) is 30.1 Å². The second-order valence-electron chi connectivity index (χ2n) is 18.5. The molecular formula is C51H45BBrCl3F3N9O9S3. The number of nitrogens with one attached hydrogen (secondary N) is 3. The van der Waals surface area contributed by atoms with Gasteiger partial charge in [-0.15, -0.1) is 0 Å². The molecule has 0 bridgehead atoms. The van der Waals surface area contributed by atoms with Gasteiger partial charge in [0, 0.05) is 47.2 Å². The van der Waals surface area contributed by atoms with Crippen LogP contribution in [-0.4, -0.2) is 94.8 Å². The van der Waals surface area contributed by atoms with Gasteiger partial charge in [0.1, 0.15) is 23.3 Å². The van der Waals surface area contributed by atoms with Crippen LogP contribution < -0.4 is 24.5 Å². The number of hydrogen-bond donors (Lipinski definition) is 3. The van der Waals surface area contributed by atoms with E-state index in [0.29, 0.717) is 34.2 Å². The van der Waals surface area contributed by atoms with E-state index in [1.54, 1.807) is 18.5 Å². The number of morpholine rings is 1. The second-order valence-corrected chi connectivity index (χ2v) is 25.5. The summed E-state index contributed by atoms with van der Waals surface area (Å²) >= 11 is 21.2. The fourth-order valence-corrected chi connectivity index (χ4v) is 11.5. The smallest absolute Gasteiger partial charge is 0.399 e. The van der Waals surface area contributed by atoms with Crippen molar-refractivity contribution in [1.82, 2.24) is 24.9 Å². The molecule has 0 amide bonds. The molecule has 8 aromatic rings. The minimum Gasteiger partial charge on any atom is -0.399 e. The third-order valence-electron chi connectivity index (χ3n) is 12.3. The van der Waals surface area contributed by atoms with Gasteiger partial charge >= 0.3 is 7.12 Å². The Bertz CT molecular complexity index is 3910. The minimum absolute atomic E-state index is 0.00961. The van der Waals surface area contributed by atoms with Crippen LogP contribution in [0.5, 0.6) is 0 Å². The Balaban J connectivity index is 0.000000164. The molecule has 10 rings (SSSR count). The summed E-state index contributed by atoms with van der Waals surface area (Å²) in [6, 6.07) is 23.6. The molecule has 2 aliphatic heterocycles. The number of pyridine rings is 3. The van der Waals surface area contributed by atoms with Crippen molar-refractivity contribution in [2.45, 2.75) is 53.6 Å². The van der Waals surface area contributed by atoms with Crippen LogP contribution in [0.15, 0.2) is 153 Å². The molecular weight excluding hydrogens is 1230 g/mol. The molecule has 0 atom stereocenters. The van der Waals surface area contributed by atoms with Gasteiger partial charge < -0.3 is 18.9 Å². The predicted molar refractivity (Wildman–Crippen MR) is 304 cm³/mol. The predicted octanol–water partition coefficient (Wildman–Crippen LogP) is 10.5. The van der Waals surface area contributed by atoms with Gasteiger partial charge in [-0.3, -0.25) is 19.2 Å². The molecule has 2 fully saturated rings. The van der Waals surface area contributed by atoms with E-state index < -0.39 is 65.8 Å². The summed E-state index contributed by atoms with van der Waals surface area (Å²) < 4.78 is 139. The fourth-order valence-electron chi connectivity index (χ4n) is 7.39. The Kier molecular flexibility index (Phi) is 18.3. The SMILES string of the molecule is CC1(C)OB(c2cnc(Cl)c(NS(=O)(=O)c3ccc(F)cc3)c2)OC1(C)C.O=S(=O)(Nc1cc(-c2ccc3ncc(N4CCOCC4)nc3c2)cnc1Cl)c1ccc(F)cc1.O=S(=O)(Nc1cc(Br)cnc1Cl)c1ccc(F)cc1. The van der Waals surface area contributed by atoms with Crippen LogP contribution in [0.1, 0.15) is 27.7 Å². The fraction of sp³-hybridized carbons (Fsp3) is 0.196. The van der Waals surface area contributed by atoms with Gasteiger partial charge in [-0.2, -0.15) is 0 Å². The van der Waals surface area contributed by atoms with E-state index in [1.807, 2.05) is 45.9 Å². The van der Waals surface area contributed by atoms with Crippen molar-refractivity contribution in [2.24, 2.45) is 0 Å². The zero-order valence-corrected chi connectivity index (χ0v) is 48.6. The van der Waals surface area contributed by atoms with Crippen molar-refractivity contribution in [3.63, 3.8) is 0 Å². The van der Waals surface area contributed by atoms with Gasteiger partial charge in [0.2, 0.25) is 0 Å². The number of aromatic nitrogens is 5. The number of benzene rings is 4. The molecule has 3 N–H and O–H groups in total. The highest BCUT2D eigenvalue weighted by molar-refractivity contribution is 9.10. The monoisotopic (exact) mass is 1280 g/mol. The summed E-state index contributed by atoms with van der Waals surface area (Å²) in [6.45, 7) is 10.4. The molecule has 0 aliphatic carbocycles. The lowest BCUT2D eigenvalue weighted by Crippen LogP contribution is -2.41. The van der Waals surface area contributed by atoms with E-state index >= 15 is 0 Å². The number of halogens is 7. The van der Waals surface area contributed by atoms with Crippen LogP contribution in [0.25, 0.3) is 22.2 Å². The summed E-state index contributed by atoms with van der Waals surface area (Å²) in [4.78, 5) is 23.1. The highest BCUT2D eigenvalue weighted by atomic mass is 79.9. The topological polar surface area (TPSA) is 234 Å². The highest BCUT2D eigenvalue weighted by Crippen LogP contribution is 2.37. The standard InChI is InChI=1S/C23H19ClFN5O3S.C17H19BClFN2O4S.C11H7BrClFN2O2S/c24-23-21(29-34(31,32)18-4-2-17(25)3-5-18)12-16(13-27-23)15-1-6-19-20(11-15)28-22(14-26-19)30-7-9-33-10-8-30;1-16(2)17(3,4)26-18(25-16)11-9-14(15(19)21-10-11)22-27(23,24)13-7-5-12(20)6-8-13;12-7-5-10(11(13)15-6-7)16-19(17,18)9-3-1-8(14)2-4-9/h1-6,11-14,29H,7-10H2;5-10,22H,1-4H3;1-6,16H. The van der Waals surface area contributed by atoms with E-state index in [2.05, 4.69) is 54.9 Å². The minimum atomic E-state index is -3.98. The maximum Gasteiger partial charge on any atom is 0.496 e. The number of nitrogens with zero attached hydrogens (tertiary/aromatic N) is 6. The number of rotatable bonds is 12. The molecule has 2 aliphatic rings. The summed E-state index contributed by atoms with van der Waals surface area (Å²) in [6.07, 6.45) is 6.22. The maximum atomic E-state index is 13.2. The third-order valence-corrected chi connectivity index (χ3v) is 17.8. The van der Waals surface area contributed by atoms with Crippen LogP contribution >= 0.6 is 50.7 Å². The van der Waals surface area contributed by atoms with Crippen LogP contribution in [0.3, 0.4) is 0 Å². The Morgan fingerprint density at radius 2 is 0.975 bits per heavy atom. The second kappa shape index (κ2) is 24.5. The average molecular weight is 1280 g/mol. The molecule has 18 nitrogen and oxygen atoms in total. The summed E-state index contributed by atoms with van der Waals surface area (Å²) in [5, 5.41) is -0.0144. The van der Waals surface area contributed by atoms with E-state index in [4.69, 9.17) is 53.8 Å². The maximum absolute atomic E-state index is 13.2. The largest absolute Gasteiger partial charge is 0.496 e. The highest BCUT2D eigenvalue weighted by Gasteiger charge is 2.52. The number of hydrogen-bond acceptors (Lipinski definition) is 15. The first-order valence-corrected chi connectivity index (χ1v) is 30.0. The van der Waals surface area contributed by atoms with Crippen molar-refractivity contribution in [1.29, 1.82) is 0 Å². The molecule has 2 saturated heterocycles. The normalized spacial score (nSPS) is 15.0. The molecule has 4 aromatic carbocycles. The van der Waals surface area contributed by atoms with Crippen molar-refractivity contribution in [3.8, 4) is 11.1 Å².